The maximum atomic E-state index is 11.6. The van der Waals surface area contributed by atoms with Crippen LogP contribution in [0.1, 0.15) is 42.9 Å². The molecule has 0 saturated carbocycles. The Kier molecular flexibility index (Phi) is 4.74. The molecule has 0 unspecified atom stereocenters. The van der Waals surface area contributed by atoms with Gasteiger partial charge in [0.15, 0.2) is 0 Å². The minimum atomic E-state index is -1.00. The molecule has 120 valence electrons. The molecule has 1 atom stereocenters. The fraction of sp³-hybridized carbons (Fsp3) is 0.529. The monoisotopic (exact) mass is 306 g/mol. The van der Waals surface area contributed by atoms with Gasteiger partial charge in [-0.05, 0) is 50.3 Å². The van der Waals surface area contributed by atoms with Gasteiger partial charge in [0.1, 0.15) is 18.0 Å². The first-order chi connectivity index (χ1) is 10.3. The number of fused-ring (bicyclic) bond motifs is 1. The highest BCUT2D eigenvalue weighted by molar-refractivity contribution is 5.76. The van der Waals surface area contributed by atoms with E-state index in [2.05, 4.69) is 13.0 Å². The molecule has 0 aliphatic carbocycles. The molecule has 1 aromatic carbocycles. The SMILES string of the molecule is Cc1ccc(C)c2c1CC[C@@](C)(COC(=O)CCC(=O)O)O2. The highest BCUT2D eigenvalue weighted by Gasteiger charge is 2.34. The summed E-state index contributed by atoms with van der Waals surface area (Å²) in [6.07, 6.45) is 1.32. The third-order valence-electron chi connectivity index (χ3n) is 4.03. The Bertz CT molecular complexity index is 593. The van der Waals surface area contributed by atoms with Crippen molar-refractivity contribution in [1.29, 1.82) is 0 Å². The molecular weight excluding hydrogens is 284 g/mol. The van der Waals surface area contributed by atoms with Crippen molar-refractivity contribution in [2.24, 2.45) is 0 Å². The summed E-state index contributed by atoms with van der Waals surface area (Å²) in [4.78, 5) is 22.0. The van der Waals surface area contributed by atoms with Gasteiger partial charge >= 0.3 is 11.9 Å². The van der Waals surface area contributed by atoms with E-state index >= 15 is 0 Å². The highest BCUT2D eigenvalue weighted by atomic mass is 16.6. The standard InChI is InChI=1S/C17H22O5/c1-11-4-5-12(2)16-13(11)8-9-17(3,22-16)10-21-15(20)7-6-14(18)19/h4-5H,6-10H2,1-3H3,(H,18,19)/t17-/m0/s1. The number of carbonyl (C=O) groups is 2. The summed E-state index contributed by atoms with van der Waals surface area (Å²) in [5, 5.41) is 8.56. The maximum absolute atomic E-state index is 11.6. The van der Waals surface area contributed by atoms with Crippen LogP contribution in [-0.2, 0) is 20.7 Å². The largest absolute Gasteiger partial charge is 0.483 e. The normalized spacial score (nSPS) is 20.0. The van der Waals surface area contributed by atoms with Gasteiger partial charge in [-0.15, -0.1) is 0 Å². The summed E-state index contributed by atoms with van der Waals surface area (Å²) in [5.41, 5.74) is 2.93. The first-order valence-corrected chi connectivity index (χ1v) is 7.46. The van der Waals surface area contributed by atoms with E-state index in [0.29, 0.717) is 0 Å². The van der Waals surface area contributed by atoms with Crippen LogP contribution in [0.2, 0.25) is 0 Å². The highest BCUT2D eigenvalue weighted by Crippen LogP contribution is 2.37. The molecule has 1 aliphatic rings. The summed E-state index contributed by atoms with van der Waals surface area (Å²) < 4.78 is 11.3. The van der Waals surface area contributed by atoms with E-state index in [0.717, 1.165) is 24.2 Å². The smallest absolute Gasteiger partial charge is 0.306 e. The maximum Gasteiger partial charge on any atom is 0.306 e. The van der Waals surface area contributed by atoms with E-state index in [9.17, 15) is 9.59 Å². The first kappa shape index (κ1) is 16.3. The molecule has 0 amide bonds. The van der Waals surface area contributed by atoms with Crippen molar-refractivity contribution in [2.45, 2.75) is 52.1 Å². The Labute approximate surface area is 130 Å². The number of rotatable bonds is 5. The average Bonchev–Trinajstić information content (AvgIpc) is 2.47. The minimum Gasteiger partial charge on any atom is -0.483 e. The third-order valence-corrected chi connectivity index (χ3v) is 4.03. The lowest BCUT2D eigenvalue weighted by Gasteiger charge is -2.36. The van der Waals surface area contributed by atoms with Gasteiger partial charge in [0.05, 0.1) is 12.8 Å². The molecule has 0 fully saturated rings. The van der Waals surface area contributed by atoms with Gasteiger partial charge in [0, 0.05) is 0 Å². The summed E-state index contributed by atoms with van der Waals surface area (Å²) in [7, 11) is 0. The number of carboxylic acid groups (broad SMARTS) is 1. The number of hydrogen-bond acceptors (Lipinski definition) is 4. The lowest BCUT2D eigenvalue weighted by atomic mass is 9.89. The van der Waals surface area contributed by atoms with Gasteiger partial charge < -0.3 is 14.6 Å². The van der Waals surface area contributed by atoms with Crippen molar-refractivity contribution in [3.63, 3.8) is 0 Å². The van der Waals surface area contributed by atoms with Crippen LogP contribution in [0.4, 0.5) is 0 Å². The zero-order chi connectivity index (χ0) is 16.3. The van der Waals surface area contributed by atoms with Crippen molar-refractivity contribution < 1.29 is 24.2 Å². The second-order valence-corrected chi connectivity index (χ2v) is 6.11. The third kappa shape index (κ3) is 3.78. The molecule has 5 heteroatoms. The van der Waals surface area contributed by atoms with E-state index in [1.54, 1.807) is 0 Å². The number of ether oxygens (including phenoxy) is 2. The first-order valence-electron chi connectivity index (χ1n) is 7.46. The van der Waals surface area contributed by atoms with Crippen molar-refractivity contribution >= 4 is 11.9 Å². The lowest BCUT2D eigenvalue weighted by molar-refractivity contribution is -0.152. The quantitative estimate of drug-likeness (QED) is 0.847. The van der Waals surface area contributed by atoms with Gasteiger partial charge in [-0.2, -0.15) is 0 Å². The van der Waals surface area contributed by atoms with Crippen LogP contribution in [0.25, 0.3) is 0 Å². The fourth-order valence-electron chi connectivity index (χ4n) is 2.60. The van der Waals surface area contributed by atoms with Crippen LogP contribution in [0, 0.1) is 13.8 Å². The molecule has 1 heterocycles. The number of aryl methyl sites for hydroxylation is 2. The summed E-state index contributed by atoms with van der Waals surface area (Å²) >= 11 is 0. The molecule has 1 aliphatic heterocycles. The van der Waals surface area contributed by atoms with E-state index in [1.165, 1.54) is 11.1 Å². The Morgan fingerprint density at radius 3 is 2.64 bits per heavy atom. The second kappa shape index (κ2) is 6.38. The Hall–Kier alpha value is -2.04. The zero-order valence-corrected chi connectivity index (χ0v) is 13.3. The van der Waals surface area contributed by atoms with Gasteiger partial charge in [0.2, 0.25) is 0 Å². The molecule has 1 N–H and O–H groups in total. The van der Waals surface area contributed by atoms with Crippen molar-refractivity contribution in [3.05, 3.63) is 28.8 Å². The topological polar surface area (TPSA) is 72.8 Å². The van der Waals surface area contributed by atoms with Crippen molar-refractivity contribution in [3.8, 4) is 5.75 Å². The summed E-state index contributed by atoms with van der Waals surface area (Å²) in [6.45, 7) is 6.12. The average molecular weight is 306 g/mol. The van der Waals surface area contributed by atoms with Gasteiger partial charge in [-0.1, -0.05) is 12.1 Å². The van der Waals surface area contributed by atoms with Crippen LogP contribution in [0.15, 0.2) is 12.1 Å². The number of benzene rings is 1. The number of hydrogen-bond donors (Lipinski definition) is 1. The number of esters is 1. The molecular formula is C17H22O5. The number of carbonyl (C=O) groups excluding carboxylic acids is 1. The summed E-state index contributed by atoms with van der Waals surface area (Å²) in [5.74, 6) is -0.619. The van der Waals surface area contributed by atoms with Crippen LogP contribution in [-0.4, -0.2) is 29.3 Å². The Morgan fingerprint density at radius 1 is 1.27 bits per heavy atom. The molecule has 1 aromatic rings. The molecule has 5 nitrogen and oxygen atoms in total. The van der Waals surface area contributed by atoms with Gasteiger partial charge in [0.25, 0.3) is 0 Å². The molecule has 0 bridgehead atoms. The number of carboxylic acids is 1. The predicted molar refractivity (Wildman–Crippen MR) is 81.1 cm³/mol. The zero-order valence-electron chi connectivity index (χ0n) is 13.3. The van der Waals surface area contributed by atoms with Crippen LogP contribution in [0.3, 0.4) is 0 Å². The van der Waals surface area contributed by atoms with E-state index in [4.69, 9.17) is 14.6 Å². The van der Waals surface area contributed by atoms with Crippen LogP contribution >= 0.6 is 0 Å². The van der Waals surface area contributed by atoms with Gasteiger partial charge in [-0.3, -0.25) is 9.59 Å². The van der Waals surface area contributed by atoms with Crippen LogP contribution < -0.4 is 4.74 Å². The van der Waals surface area contributed by atoms with E-state index in [-0.39, 0.29) is 19.4 Å². The fourth-order valence-corrected chi connectivity index (χ4v) is 2.60. The lowest BCUT2D eigenvalue weighted by Crippen LogP contribution is -2.42. The molecule has 22 heavy (non-hydrogen) atoms. The molecule has 0 saturated heterocycles. The molecule has 0 aromatic heterocycles. The molecule has 2 rings (SSSR count). The number of aliphatic carboxylic acids is 1. The second-order valence-electron chi connectivity index (χ2n) is 6.11. The Morgan fingerprint density at radius 2 is 1.95 bits per heavy atom. The minimum absolute atomic E-state index is 0.111. The summed E-state index contributed by atoms with van der Waals surface area (Å²) in [6, 6.07) is 4.12. The van der Waals surface area contributed by atoms with Crippen molar-refractivity contribution in [1.82, 2.24) is 0 Å². The molecule has 0 spiro atoms. The Balaban J connectivity index is 1.99. The van der Waals surface area contributed by atoms with E-state index in [1.807, 2.05) is 19.9 Å². The van der Waals surface area contributed by atoms with Crippen molar-refractivity contribution in [2.75, 3.05) is 6.61 Å². The van der Waals surface area contributed by atoms with E-state index < -0.39 is 17.5 Å². The van der Waals surface area contributed by atoms with Crippen LogP contribution in [0.5, 0.6) is 5.75 Å². The molecule has 0 radical (unpaired) electrons. The van der Waals surface area contributed by atoms with Gasteiger partial charge in [-0.25, -0.2) is 0 Å². The predicted octanol–water partition coefficient (Wildman–Crippen LogP) is 2.80.